The van der Waals surface area contributed by atoms with Gasteiger partial charge in [-0.1, -0.05) is 18.2 Å². The number of nitrogens with zero attached hydrogens (tertiary/aromatic N) is 3. The van der Waals surface area contributed by atoms with Crippen LogP contribution in [-0.4, -0.2) is 29.8 Å². The van der Waals surface area contributed by atoms with Gasteiger partial charge >= 0.3 is 0 Å². The van der Waals surface area contributed by atoms with Gasteiger partial charge in [0.1, 0.15) is 0 Å². The zero-order chi connectivity index (χ0) is 12.8. The number of para-hydroxylation sites is 1. The quantitative estimate of drug-likeness (QED) is 0.628. The van der Waals surface area contributed by atoms with E-state index >= 15 is 0 Å². The minimum Gasteiger partial charge on any atom is -0.359 e. The molecule has 0 radical (unpaired) electrons. The fraction of sp³-hybridized carbons (Fsp3) is 0.231. The van der Waals surface area contributed by atoms with Crippen molar-refractivity contribution in [2.75, 3.05) is 14.1 Å². The van der Waals surface area contributed by atoms with E-state index in [4.69, 9.17) is 0 Å². The second-order valence-corrected chi connectivity index (χ2v) is 3.76. The van der Waals surface area contributed by atoms with Crippen molar-refractivity contribution in [2.45, 2.75) is 6.54 Å². The number of guanidine groups is 1. The average Bonchev–Trinajstić information content (AvgIpc) is 2.94. The van der Waals surface area contributed by atoms with Crippen LogP contribution in [-0.2, 0) is 6.54 Å². The molecule has 2 N–H and O–H groups in total. The zero-order valence-corrected chi connectivity index (χ0v) is 10.6. The van der Waals surface area contributed by atoms with E-state index in [1.807, 2.05) is 42.2 Å². The molecule has 0 atom stereocenters. The highest BCUT2D eigenvalue weighted by Crippen LogP contribution is 2.12. The maximum absolute atomic E-state index is 4.26. The number of hydrogen-bond acceptors (Lipinski definition) is 2. The maximum Gasteiger partial charge on any atom is 0.190 e. The lowest BCUT2D eigenvalue weighted by molar-refractivity contribution is 0.820. The first-order chi connectivity index (χ1) is 8.85. The fourth-order valence-corrected chi connectivity index (χ4v) is 1.75. The van der Waals surface area contributed by atoms with Crippen LogP contribution in [0.3, 0.4) is 0 Å². The Morgan fingerprint density at radius 1 is 1.33 bits per heavy atom. The molecular weight excluding hydrogens is 226 g/mol. The Morgan fingerprint density at radius 3 is 2.83 bits per heavy atom. The number of rotatable bonds is 3. The molecule has 18 heavy (non-hydrogen) atoms. The maximum atomic E-state index is 4.26. The van der Waals surface area contributed by atoms with Gasteiger partial charge in [0.2, 0.25) is 0 Å². The summed E-state index contributed by atoms with van der Waals surface area (Å²) in [6.45, 7) is 0.698. The van der Waals surface area contributed by atoms with E-state index in [2.05, 4.69) is 26.8 Å². The Balaban J connectivity index is 2.18. The van der Waals surface area contributed by atoms with Gasteiger partial charge in [-0.15, -0.1) is 0 Å². The summed E-state index contributed by atoms with van der Waals surface area (Å²) in [5, 5.41) is 10.5. The number of nitrogens with one attached hydrogen (secondary N) is 2. The SMILES string of the molecule is CN=C(NC)NCc1ccccc1-n1cccn1. The molecular formula is C13H17N5. The summed E-state index contributed by atoms with van der Waals surface area (Å²) in [5.74, 6) is 0.769. The number of benzene rings is 1. The molecule has 1 heterocycles. The summed E-state index contributed by atoms with van der Waals surface area (Å²) < 4.78 is 1.86. The predicted octanol–water partition coefficient (Wildman–Crippen LogP) is 1.17. The molecule has 0 aliphatic carbocycles. The molecule has 94 valence electrons. The van der Waals surface area contributed by atoms with E-state index < -0.39 is 0 Å². The summed E-state index contributed by atoms with van der Waals surface area (Å²) in [6, 6.07) is 10.1. The predicted molar refractivity (Wildman–Crippen MR) is 72.8 cm³/mol. The minimum absolute atomic E-state index is 0.698. The van der Waals surface area contributed by atoms with Crippen LogP contribution in [0.15, 0.2) is 47.7 Å². The average molecular weight is 243 g/mol. The Bertz CT molecular complexity index is 516. The lowest BCUT2D eigenvalue weighted by atomic mass is 10.2. The molecule has 0 aliphatic heterocycles. The monoisotopic (exact) mass is 243 g/mol. The summed E-state index contributed by atoms with van der Waals surface area (Å²) in [5.41, 5.74) is 2.24. The van der Waals surface area contributed by atoms with Gasteiger partial charge in [0.05, 0.1) is 5.69 Å². The first-order valence-corrected chi connectivity index (χ1v) is 5.81. The van der Waals surface area contributed by atoms with Crippen molar-refractivity contribution in [1.29, 1.82) is 0 Å². The highest BCUT2D eigenvalue weighted by atomic mass is 15.3. The largest absolute Gasteiger partial charge is 0.359 e. The lowest BCUT2D eigenvalue weighted by Crippen LogP contribution is -2.34. The van der Waals surface area contributed by atoms with Crippen LogP contribution >= 0.6 is 0 Å². The van der Waals surface area contributed by atoms with Crippen molar-refractivity contribution >= 4 is 5.96 Å². The molecule has 2 rings (SSSR count). The number of aliphatic imine (C=N–C) groups is 1. The summed E-state index contributed by atoms with van der Waals surface area (Å²) >= 11 is 0. The van der Waals surface area contributed by atoms with Crippen molar-refractivity contribution < 1.29 is 0 Å². The first kappa shape index (κ1) is 12.2. The molecule has 1 aromatic heterocycles. The molecule has 1 aromatic carbocycles. The zero-order valence-electron chi connectivity index (χ0n) is 10.6. The van der Waals surface area contributed by atoms with Crippen molar-refractivity contribution in [3.63, 3.8) is 0 Å². The molecule has 0 saturated heterocycles. The Hall–Kier alpha value is -2.30. The molecule has 0 amide bonds. The topological polar surface area (TPSA) is 54.2 Å². The van der Waals surface area contributed by atoms with Gasteiger partial charge < -0.3 is 10.6 Å². The van der Waals surface area contributed by atoms with Gasteiger partial charge in [0.25, 0.3) is 0 Å². The third kappa shape index (κ3) is 2.68. The van der Waals surface area contributed by atoms with Crippen molar-refractivity contribution in [2.24, 2.45) is 4.99 Å². The molecule has 5 nitrogen and oxygen atoms in total. The Labute approximate surface area is 107 Å². The van der Waals surface area contributed by atoms with E-state index in [-0.39, 0.29) is 0 Å². The van der Waals surface area contributed by atoms with Gasteiger partial charge in [-0.2, -0.15) is 5.10 Å². The Morgan fingerprint density at radius 2 is 2.17 bits per heavy atom. The van der Waals surface area contributed by atoms with Crippen LogP contribution in [0, 0.1) is 0 Å². The highest BCUT2D eigenvalue weighted by Gasteiger charge is 2.04. The summed E-state index contributed by atoms with van der Waals surface area (Å²) in [4.78, 5) is 4.09. The first-order valence-electron chi connectivity index (χ1n) is 5.81. The molecule has 0 saturated carbocycles. The second-order valence-electron chi connectivity index (χ2n) is 3.76. The van der Waals surface area contributed by atoms with Gasteiger partial charge in [-0.05, 0) is 17.7 Å². The smallest absolute Gasteiger partial charge is 0.190 e. The van der Waals surface area contributed by atoms with E-state index in [0.29, 0.717) is 6.54 Å². The van der Waals surface area contributed by atoms with Gasteiger partial charge in [0, 0.05) is 33.0 Å². The van der Waals surface area contributed by atoms with Gasteiger partial charge in [-0.3, -0.25) is 4.99 Å². The summed E-state index contributed by atoms with van der Waals surface area (Å²) in [7, 11) is 3.59. The minimum atomic E-state index is 0.698. The normalized spacial score (nSPS) is 11.3. The lowest BCUT2D eigenvalue weighted by Gasteiger charge is -2.12. The molecule has 0 unspecified atom stereocenters. The third-order valence-electron chi connectivity index (χ3n) is 2.65. The molecule has 5 heteroatoms. The molecule has 0 aliphatic rings. The molecule has 0 fully saturated rings. The van der Waals surface area contributed by atoms with E-state index in [9.17, 15) is 0 Å². The third-order valence-corrected chi connectivity index (χ3v) is 2.65. The van der Waals surface area contributed by atoms with Crippen LogP contribution in [0.1, 0.15) is 5.56 Å². The molecule has 0 bridgehead atoms. The van der Waals surface area contributed by atoms with Gasteiger partial charge in [-0.25, -0.2) is 4.68 Å². The number of hydrogen-bond donors (Lipinski definition) is 2. The summed E-state index contributed by atoms with van der Waals surface area (Å²) in [6.07, 6.45) is 3.71. The van der Waals surface area contributed by atoms with Crippen LogP contribution in [0.2, 0.25) is 0 Å². The highest BCUT2D eigenvalue weighted by molar-refractivity contribution is 5.79. The van der Waals surface area contributed by atoms with Crippen LogP contribution in [0.4, 0.5) is 0 Å². The van der Waals surface area contributed by atoms with Crippen LogP contribution in [0.25, 0.3) is 5.69 Å². The van der Waals surface area contributed by atoms with Crippen LogP contribution in [0.5, 0.6) is 0 Å². The van der Waals surface area contributed by atoms with E-state index in [0.717, 1.165) is 17.2 Å². The van der Waals surface area contributed by atoms with Crippen molar-refractivity contribution in [3.8, 4) is 5.69 Å². The molecule has 2 aromatic rings. The second kappa shape index (κ2) is 5.86. The standard InChI is InChI=1S/C13H17N5/c1-14-13(15-2)16-10-11-6-3-4-7-12(11)18-9-5-8-17-18/h3-9H,10H2,1-2H3,(H2,14,15,16). The molecule has 0 spiro atoms. The Kier molecular flexibility index (Phi) is 3.96. The van der Waals surface area contributed by atoms with E-state index in [1.165, 1.54) is 0 Å². The number of aromatic nitrogens is 2. The fourth-order valence-electron chi connectivity index (χ4n) is 1.75. The van der Waals surface area contributed by atoms with Gasteiger partial charge in [0.15, 0.2) is 5.96 Å². The van der Waals surface area contributed by atoms with Crippen LogP contribution < -0.4 is 10.6 Å². The van der Waals surface area contributed by atoms with E-state index in [1.54, 1.807) is 13.2 Å². The van der Waals surface area contributed by atoms with Crippen molar-refractivity contribution in [3.05, 3.63) is 48.3 Å². The van der Waals surface area contributed by atoms with Crippen molar-refractivity contribution in [1.82, 2.24) is 20.4 Å².